The van der Waals surface area contributed by atoms with E-state index in [0.29, 0.717) is 5.69 Å². The molecule has 0 heterocycles. The zero-order chi connectivity index (χ0) is 12.3. The fourth-order valence-corrected chi connectivity index (χ4v) is 1.21. The number of benzene rings is 1. The fourth-order valence-electron chi connectivity index (χ4n) is 1.21. The Balaban J connectivity index is 3.34. The van der Waals surface area contributed by atoms with Gasteiger partial charge in [-0.15, -0.1) is 0 Å². The van der Waals surface area contributed by atoms with Gasteiger partial charge in [0.05, 0.1) is 11.3 Å². The summed E-state index contributed by atoms with van der Waals surface area (Å²) in [5, 5.41) is 3.24. The number of hydrogen-bond donors (Lipinski definition) is 0. The number of alkyl halides is 3. The Morgan fingerprint density at radius 3 is 2.38 bits per heavy atom. The molecule has 0 bridgehead atoms. The van der Waals surface area contributed by atoms with Crippen LogP contribution >= 0.6 is 0 Å². The minimum atomic E-state index is -4.44. The Morgan fingerprint density at radius 1 is 1.31 bits per heavy atom. The Morgan fingerprint density at radius 2 is 1.94 bits per heavy atom. The Labute approximate surface area is 89.9 Å². The summed E-state index contributed by atoms with van der Waals surface area (Å²) in [4.78, 5) is 4.08. The second kappa shape index (κ2) is 4.32. The number of nitrogens with zero attached hydrogens (tertiary/aromatic N) is 4. The summed E-state index contributed by atoms with van der Waals surface area (Å²) >= 11 is 0. The van der Waals surface area contributed by atoms with E-state index in [1.807, 2.05) is 0 Å². The molecule has 0 radical (unpaired) electrons. The molecule has 0 amide bonds. The highest BCUT2D eigenvalue weighted by atomic mass is 19.4. The van der Waals surface area contributed by atoms with Crippen molar-refractivity contribution in [3.63, 3.8) is 0 Å². The van der Waals surface area contributed by atoms with Crippen molar-refractivity contribution in [2.45, 2.75) is 6.18 Å². The molecule has 1 rings (SSSR count). The van der Waals surface area contributed by atoms with Gasteiger partial charge < -0.3 is 4.90 Å². The number of azide groups is 1. The molecule has 0 saturated heterocycles. The highest BCUT2D eigenvalue weighted by molar-refractivity contribution is 5.67. The first-order chi connectivity index (χ1) is 7.36. The van der Waals surface area contributed by atoms with Crippen LogP contribution in [0.4, 0.5) is 24.5 Å². The van der Waals surface area contributed by atoms with E-state index in [4.69, 9.17) is 5.53 Å². The predicted molar refractivity (Wildman–Crippen MR) is 54.6 cm³/mol. The Bertz CT molecular complexity index is 433. The van der Waals surface area contributed by atoms with Gasteiger partial charge in [-0.25, -0.2) is 0 Å². The topological polar surface area (TPSA) is 52.0 Å². The summed E-state index contributed by atoms with van der Waals surface area (Å²) in [5.74, 6) is 0. The first-order valence-electron chi connectivity index (χ1n) is 4.30. The van der Waals surface area contributed by atoms with Gasteiger partial charge in [-0.05, 0) is 23.7 Å². The molecule has 0 N–H and O–H groups in total. The van der Waals surface area contributed by atoms with Gasteiger partial charge >= 0.3 is 6.18 Å². The van der Waals surface area contributed by atoms with E-state index in [9.17, 15) is 13.2 Å². The maximum absolute atomic E-state index is 12.4. The third-order valence-electron chi connectivity index (χ3n) is 1.94. The maximum atomic E-state index is 12.4. The van der Waals surface area contributed by atoms with Crippen molar-refractivity contribution in [3.05, 3.63) is 34.2 Å². The minimum absolute atomic E-state index is 0.0395. The molecular weight excluding hydrogens is 221 g/mol. The molecule has 0 spiro atoms. The standard InChI is InChI=1S/C9H9F3N4/c1-16(2)8-4-3-6(9(10,11)12)5-7(8)14-15-13/h3-5H,1-2H3. The van der Waals surface area contributed by atoms with Gasteiger partial charge in [0, 0.05) is 24.7 Å². The summed E-state index contributed by atoms with van der Waals surface area (Å²) in [6.45, 7) is 0. The largest absolute Gasteiger partial charge is 0.416 e. The van der Waals surface area contributed by atoms with Crippen LogP contribution in [0.2, 0.25) is 0 Å². The smallest absolute Gasteiger partial charge is 0.377 e. The summed E-state index contributed by atoms with van der Waals surface area (Å²) in [5.41, 5.74) is 7.84. The molecule has 1 aromatic carbocycles. The molecule has 0 unspecified atom stereocenters. The molecule has 86 valence electrons. The highest BCUT2D eigenvalue weighted by Gasteiger charge is 2.30. The molecule has 0 aliphatic carbocycles. The SMILES string of the molecule is CN(C)c1ccc(C(F)(F)F)cc1N=[N+]=[N-]. The molecule has 0 fully saturated rings. The van der Waals surface area contributed by atoms with Crippen LogP contribution in [0.3, 0.4) is 0 Å². The second-order valence-corrected chi connectivity index (χ2v) is 3.29. The van der Waals surface area contributed by atoms with Crippen molar-refractivity contribution in [3.8, 4) is 0 Å². The van der Waals surface area contributed by atoms with Crippen molar-refractivity contribution in [2.24, 2.45) is 5.11 Å². The molecule has 0 aliphatic rings. The van der Waals surface area contributed by atoms with E-state index in [2.05, 4.69) is 10.0 Å². The van der Waals surface area contributed by atoms with Crippen LogP contribution in [0, 0.1) is 0 Å². The molecular formula is C9H9F3N4. The predicted octanol–water partition coefficient (Wildman–Crippen LogP) is 3.71. The second-order valence-electron chi connectivity index (χ2n) is 3.29. The minimum Gasteiger partial charge on any atom is -0.377 e. The van der Waals surface area contributed by atoms with Crippen LogP contribution in [0.1, 0.15) is 5.56 Å². The molecule has 16 heavy (non-hydrogen) atoms. The first kappa shape index (κ1) is 12.2. The van der Waals surface area contributed by atoms with Gasteiger partial charge in [-0.3, -0.25) is 0 Å². The van der Waals surface area contributed by atoms with Crippen molar-refractivity contribution >= 4 is 11.4 Å². The van der Waals surface area contributed by atoms with Gasteiger partial charge in [-0.2, -0.15) is 13.2 Å². The zero-order valence-corrected chi connectivity index (χ0v) is 8.65. The Hall–Kier alpha value is -1.88. The van der Waals surface area contributed by atoms with Crippen molar-refractivity contribution < 1.29 is 13.2 Å². The van der Waals surface area contributed by atoms with Gasteiger partial charge in [-0.1, -0.05) is 5.11 Å². The van der Waals surface area contributed by atoms with Crippen LogP contribution in [0.25, 0.3) is 10.4 Å². The average Bonchev–Trinajstić information content (AvgIpc) is 2.16. The molecule has 0 aromatic heterocycles. The van der Waals surface area contributed by atoms with Crippen LogP contribution in [0.5, 0.6) is 0 Å². The summed E-state index contributed by atoms with van der Waals surface area (Å²) in [6.07, 6.45) is -4.44. The molecule has 1 aromatic rings. The van der Waals surface area contributed by atoms with Crippen LogP contribution in [-0.4, -0.2) is 14.1 Å². The normalized spacial score (nSPS) is 10.8. The maximum Gasteiger partial charge on any atom is 0.416 e. The zero-order valence-electron chi connectivity index (χ0n) is 8.65. The summed E-state index contributed by atoms with van der Waals surface area (Å²) in [7, 11) is 3.30. The first-order valence-corrected chi connectivity index (χ1v) is 4.30. The van der Waals surface area contributed by atoms with Crippen molar-refractivity contribution in [2.75, 3.05) is 19.0 Å². The van der Waals surface area contributed by atoms with E-state index in [-0.39, 0.29) is 5.69 Å². The molecule has 0 aliphatic heterocycles. The van der Waals surface area contributed by atoms with E-state index < -0.39 is 11.7 Å². The molecule has 7 heteroatoms. The Kier molecular flexibility index (Phi) is 3.29. The van der Waals surface area contributed by atoms with Gasteiger partial charge in [0.25, 0.3) is 0 Å². The lowest BCUT2D eigenvalue weighted by molar-refractivity contribution is -0.137. The van der Waals surface area contributed by atoms with Crippen molar-refractivity contribution in [1.82, 2.24) is 0 Å². The van der Waals surface area contributed by atoms with Crippen LogP contribution in [0.15, 0.2) is 23.3 Å². The number of rotatable bonds is 2. The molecule has 0 atom stereocenters. The fraction of sp³-hybridized carbons (Fsp3) is 0.333. The lowest BCUT2D eigenvalue weighted by Crippen LogP contribution is -2.10. The third kappa shape index (κ3) is 2.58. The van der Waals surface area contributed by atoms with E-state index in [1.54, 1.807) is 19.0 Å². The molecule has 4 nitrogen and oxygen atoms in total. The summed E-state index contributed by atoms with van der Waals surface area (Å²) < 4.78 is 37.2. The third-order valence-corrected chi connectivity index (χ3v) is 1.94. The molecule has 0 saturated carbocycles. The number of hydrogen-bond acceptors (Lipinski definition) is 2. The van der Waals surface area contributed by atoms with Gasteiger partial charge in [0.2, 0.25) is 0 Å². The van der Waals surface area contributed by atoms with Gasteiger partial charge in [0.1, 0.15) is 0 Å². The van der Waals surface area contributed by atoms with E-state index in [1.165, 1.54) is 6.07 Å². The highest BCUT2D eigenvalue weighted by Crippen LogP contribution is 2.36. The van der Waals surface area contributed by atoms with E-state index in [0.717, 1.165) is 12.1 Å². The number of anilines is 1. The lowest BCUT2D eigenvalue weighted by Gasteiger charge is -2.16. The van der Waals surface area contributed by atoms with E-state index >= 15 is 0 Å². The average molecular weight is 230 g/mol. The van der Waals surface area contributed by atoms with Crippen LogP contribution < -0.4 is 4.90 Å². The van der Waals surface area contributed by atoms with Crippen molar-refractivity contribution in [1.29, 1.82) is 0 Å². The summed E-state index contributed by atoms with van der Waals surface area (Å²) in [6, 6.07) is 3.05. The van der Waals surface area contributed by atoms with Crippen LogP contribution in [-0.2, 0) is 6.18 Å². The lowest BCUT2D eigenvalue weighted by atomic mass is 10.1. The van der Waals surface area contributed by atoms with Gasteiger partial charge in [0.15, 0.2) is 0 Å². The quantitative estimate of drug-likeness (QED) is 0.434. The monoisotopic (exact) mass is 230 g/mol. The number of halogens is 3.